The van der Waals surface area contributed by atoms with E-state index in [-0.39, 0.29) is 18.9 Å². The highest BCUT2D eigenvalue weighted by Crippen LogP contribution is 2.34. The van der Waals surface area contributed by atoms with Gasteiger partial charge in [-0.3, -0.25) is 4.79 Å². The molecule has 3 atom stereocenters. The summed E-state index contributed by atoms with van der Waals surface area (Å²) in [5.41, 5.74) is 3.11. The molecule has 1 aromatic heterocycles. The number of nitriles is 1. The van der Waals surface area contributed by atoms with Crippen molar-refractivity contribution in [3.05, 3.63) is 58.5 Å². The monoisotopic (exact) mass is 596 g/mol. The van der Waals surface area contributed by atoms with Crippen LogP contribution in [0.4, 0.5) is 10.2 Å². The van der Waals surface area contributed by atoms with Crippen LogP contribution in [0.3, 0.4) is 0 Å². The number of likely N-dealkylation sites (N-methyl/N-ethyl adjacent to an activating group) is 1. The van der Waals surface area contributed by atoms with Crippen LogP contribution in [0.2, 0.25) is 5.02 Å². The molecule has 42 heavy (non-hydrogen) atoms. The zero-order valence-corrected chi connectivity index (χ0v) is 25.7. The normalized spacial score (nSPS) is 19.9. The quantitative estimate of drug-likeness (QED) is 0.290. The topological polar surface area (TPSA) is 85.6 Å². The molecule has 10 heteroatoms. The highest BCUT2D eigenvalue weighted by molar-refractivity contribution is 6.31. The van der Waals surface area contributed by atoms with Gasteiger partial charge in [0.1, 0.15) is 12.4 Å². The fourth-order valence-electron chi connectivity index (χ4n) is 6.01. The number of carbonyl (C=O) groups excluding carboxylic acids is 1. The second kappa shape index (κ2) is 14.8. The summed E-state index contributed by atoms with van der Waals surface area (Å²) in [7, 11) is 2.11. The molecule has 2 aliphatic heterocycles. The van der Waals surface area contributed by atoms with Crippen LogP contribution in [0.25, 0.3) is 0 Å². The molecule has 0 N–H and O–H groups in total. The van der Waals surface area contributed by atoms with Crippen LogP contribution in [0.15, 0.2) is 36.7 Å². The maximum absolute atomic E-state index is 13.8. The molecule has 3 heterocycles. The Morgan fingerprint density at radius 2 is 2.02 bits per heavy atom. The summed E-state index contributed by atoms with van der Waals surface area (Å²) in [6.45, 7) is 10.1. The number of rotatable bonds is 12. The van der Waals surface area contributed by atoms with E-state index in [1.54, 1.807) is 0 Å². The standard InChI is InChI=1S/C32H42ClFN6O2/c1-5-9-27-29(22(2)13-14-24-10-6-7-12-28(24)33)36-32(42-21-26-11-8-17-38(26)4)37-30(27)39-18-19-40(31(41)23(3)34)25(20-39)15-16-35/h6-7,10,12,22,25-26H,3,5,8-9,11,13-15,17-21H2,1-2,4H3. The Morgan fingerprint density at radius 1 is 1.24 bits per heavy atom. The minimum absolute atomic E-state index is 0.0855. The maximum atomic E-state index is 13.8. The number of amides is 1. The van der Waals surface area contributed by atoms with Gasteiger partial charge in [0.15, 0.2) is 5.83 Å². The second-order valence-corrected chi connectivity index (χ2v) is 11.8. The van der Waals surface area contributed by atoms with Crippen molar-refractivity contribution in [2.45, 2.75) is 76.8 Å². The Hall–Kier alpha value is -3.22. The van der Waals surface area contributed by atoms with Crippen molar-refractivity contribution in [1.29, 1.82) is 5.26 Å². The Morgan fingerprint density at radius 3 is 2.69 bits per heavy atom. The molecule has 226 valence electrons. The summed E-state index contributed by atoms with van der Waals surface area (Å²) in [6, 6.07) is 10.3. The number of carbonyl (C=O) groups is 1. The fourth-order valence-corrected chi connectivity index (χ4v) is 6.24. The van der Waals surface area contributed by atoms with Crippen molar-refractivity contribution in [1.82, 2.24) is 19.8 Å². The minimum Gasteiger partial charge on any atom is -0.462 e. The minimum atomic E-state index is -1.01. The maximum Gasteiger partial charge on any atom is 0.318 e. The second-order valence-electron chi connectivity index (χ2n) is 11.4. The molecule has 8 nitrogen and oxygen atoms in total. The fraction of sp³-hybridized carbons (Fsp3) is 0.562. The molecule has 2 fully saturated rings. The third-order valence-electron chi connectivity index (χ3n) is 8.45. The van der Waals surface area contributed by atoms with E-state index in [1.165, 1.54) is 4.90 Å². The number of hydrogen-bond acceptors (Lipinski definition) is 7. The van der Waals surface area contributed by atoms with E-state index < -0.39 is 17.8 Å². The summed E-state index contributed by atoms with van der Waals surface area (Å²) in [5.74, 6) is -0.892. The van der Waals surface area contributed by atoms with Crippen LogP contribution in [0.1, 0.15) is 68.7 Å². The van der Waals surface area contributed by atoms with Gasteiger partial charge in [0.25, 0.3) is 5.91 Å². The Bertz CT molecular complexity index is 1300. The van der Waals surface area contributed by atoms with Crippen LogP contribution in [0, 0.1) is 11.3 Å². The average molecular weight is 597 g/mol. The molecule has 2 aromatic rings. The number of ether oxygens (including phenoxy) is 1. The van der Waals surface area contributed by atoms with Crippen molar-refractivity contribution in [3.8, 4) is 12.1 Å². The van der Waals surface area contributed by atoms with Gasteiger partial charge < -0.3 is 19.4 Å². The number of nitrogens with zero attached hydrogens (tertiary/aromatic N) is 6. The van der Waals surface area contributed by atoms with Gasteiger partial charge in [0, 0.05) is 36.3 Å². The van der Waals surface area contributed by atoms with E-state index in [0.717, 1.165) is 72.7 Å². The number of hydrogen-bond donors (Lipinski definition) is 0. The molecular weight excluding hydrogens is 555 g/mol. The van der Waals surface area contributed by atoms with E-state index in [4.69, 9.17) is 26.3 Å². The van der Waals surface area contributed by atoms with Gasteiger partial charge in [0.05, 0.1) is 24.2 Å². The third-order valence-corrected chi connectivity index (χ3v) is 8.82. The lowest BCUT2D eigenvalue weighted by molar-refractivity contribution is -0.131. The first-order chi connectivity index (χ1) is 20.2. The molecule has 2 aliphatic rings. The summed E-state index contributed by atoms with van der Waals surface area (Å²) in [4.78, 5) is 28.3. The smallest absolute Gasteiger partial charge is 0.318 e. The lowest BCUT2D eigenvalue weighted by Crippen LogP contribution is -2.55. The molecule has 0 bridgehead atoms. The highest BCUT2D eigenvalue weighted by Gasteiger charge is 2.34. The average Bonchev–Trinajstić information content (AvgIpc) is 3.40. The van der Waals surface area contributed by atoms with E-state index >= 15 is 0 Å². The third kappa shape index (κ3) is 7.59. The molecule has 3 unspecified atom stereocenters. The van der Waals surface area contributed by atoms with Gasteiger partial charge in [-0.05, 0) is 63.2 Å². The van der Waals surface area contributed by atoms with Crippen molar-refractivity contribution in [2.24, 2.45) is 0 Å². The summed E-state index contributed by atoms with van der Waals surface area (Å²) < 4.78 is 20.1. The lowest BCUT2D eigenvalue weighted by atomic mass is 9.93. The Labute approximate surface area is 254 Å². The number of benzene rings is 1. The van der Waals surface area contributed by atoms with Gasteiger partial charge in [-0.2, -0.15) is 15.2 Å². The summed E-state index contributed by atoms with van der Waals surface area (Å²) in [6.07, 6.45) is 5.63. The number of anilines is 1. The van der Waals surface area contributed by atoms with Crippen molar-refractivity contribution < 1.29 is 13.9 Å². The summed E-state index contributed by atoms with van der Waals surface area (Å²) in [5, 5.41) is 10.3. The van der Waals surface area contributed by atoms with E-state index in [9.17, 15) is 14.4 Å². The molecule has 2 saturated heterocycles. The SMILES string of the molecule is C=C(F)C(=O)N1CCN(c2nc(OCC3CCCN3C)nc(C(C)CCc3ccccc3Cl)c2CCC)CC1CC#N. The zero-order chi connectivity index (χ0) is 30.2. The molecule has 0 saturated carbocycles. The Balaban J connectivity index is 1.67. The van der Waals surface area contributed by atoms with Crippen molar-refractivity contribution in [2.75, 3.05) is 44.7 Å². The number of piperazine rings is 1. The molecule has 0 aliphatic carbocycles. The molecule has 4 rings (SSSR count). The van der Waals surface area contributed by atoms with E-state index in [0.29, 0.717) is 31.7 Å². The van der Waals surface area contributed by atoms with Crippen molar-refractivity contribution in [3.63, 3.8) is 0 Å². The molecule has 1 amide bonds. The predicted octanol–water partition coefficient (Wildman–Crippen LogP) is 5.71. The zero-order valence-electron chi connectivity index (χ0n) is 25.0. The van der Waals surface area contributed by atoms with Gasteiger partial charge in [-0.25, -0.2) is 4.39 Å². The van der Waals surface area contributed by atoms with Gasteiger partial charge in [-0.15, -0.1) is 0 Å². The first-order valence-electron chi connectivity index (χ1n) is 15.0. The predicted molar refractivity (Wildman–Crippen MR) is 164 cm³/mol. The van der Waals surface area contributed by atoms with Crippen LogP contribution in [-0.2, 0) is 17.6 Å². The van der Waals surface area contributed by atoms with Crippen LogP contribution >= 0.6 is 11.6 Å². The molecule has 0 radical (unpaired) electrons. The van der Waals surface area contributed by atoms with Crippen molar-refractivity contribution >= 4 is 23.3 Å². The highest BCUT2D eigenvalue weighted by atomic mass is 35.5. The van der Waals surface area contributed by atoms with E-state index in [1.807, 2.05) is 18.2 Å². The number of aryl methyl sites for hydroxylation is 1. The van der Waals surface area contributed by atoms with E-state index in [2.05, 4.69) is 49.4 Å². The first-order valence-corrected chi connectivity index (χ1v) is 15.4. The van der Waals surface area contributed by atoms with Gasteiger partial charge in [0.2, 0.25) is 0 Å². The molecule has 0 spiro atoms. The van der Waals surface area contributed by atoms with Crippen LogP contribution < -0.4 is 9.64 Å². The number of aromatic nitrogens is 2. The lowest BCUT2D eigenvalue weighted by Gasteiger charge is -2.41. The number of likely N-dealkylation sites (tertiary alicyclic amines) is 1. The van der Waals surface area contributed by atoms with Crippen LogP contribution in [-0.4, -0.2) is 77.6 Å². The van der Waals surface area contributed by atoms with Gasteiger partial charge in [-0.1, -0.05) is 56.6 Å². The summed E-state index contributed by atoms with van der Waals surface area (Å²) >= 11 is 6.46. The first kappa shape index (κ1) is 31.7. The molecular formula is C32H42ClFN6O2. The Kier molecular flexibility index (Phi) is 11.2. The van der Waals surface area contributed by atoms with Crippen LogP contribution in [0.5, 0.6) is 6.01 Å². The molecule has 1 aromatic carbocycles. The van der Waals surface area contributed by atoms with Gasteiger partial charge >= 0.3 is 6.01 Å². The number of halogens is 2. The largest absolute Gasteiger partial charge is 0.462 e.